The van der Waals surface area contributed by atoms with Crippen LogP contribution in [0.5, 0.6) is 0 Å². The second kappa shape index (κ2) is 7.65. The molecule has 0 bridgehead atoms. The number of rotatable bonds is 4. The normalized spacial score (nSPS) is 16.3. The summed E-state index contributed by atoms with van der Waals surface area (Å²) in [6.45, 7) is 0.415. The Hall–Kier alpha value is -2.10. The lowest BCUT2D eigenvalue weighted by Gasteiger charge is -2.33. The molecule has 0 aliphatic carbocycles. The molecule has 1 amide bonds. The van der Waals surface area contributed by atoms with E-state index in [1.165, 1.54) is 22.3 Å². The number of amides is 1. The first-order valence-corrected chi connectivity index (χ1v) is 10.2. The summed E-state index contributed by atoms with van der Waals surface area (Å²) in [6, 6.07) is 4.21. The van der Waals surface area contributed by atoms with Gasteiger partial charge in [0.25, 0.3) is 0 Å². The number of benzene rings is 1. The molecule has 5 nitrogen and oxygen atoms in total. The van der Waals surface area contributed by atoms with Crippen LogP contribution in [0.4, 0.5) is 8.78 Å². The Morgan fingerprint density at radius 2 is 1.85 bits per heavy atom. The van der Waals surface area contributed by atoms with Gasteiger partial charge in [-0.05, 0) is 46.7 Å². The van der Waals surface area contributed by atoms with E-state index in [4.69, 9.17) is 0 Å². The molecule has 1 fully saturated rings. The Labute approximate surface area is 154 Å². The van der Waals surface area contributed by atoms with Crippen LogP contribution >= 0.6 is 11.3 Å². The van der Waals surface area contributed by atoms with Gasteiger partial charge in [-0.3, -0.25) is 4.79 Å². The minimum absolute atomic E-state index is 0.0241. The third-order valence-corrected chi connectivity index (χ3v) is 6.64. The molecule has 3 rings (SSSR count). The van der Waals surface area contributed by atoms with E-state index in [0.29, 0.717) is 6.07 Å². The van der Waals surface area contributed by atoms with E-state index in [1.807, 2.05) is 16.8 Å². The van der Waals surface area contributed by atoms with Crippen molar-refractivity contribution in [1.82, 2.24) is 9.21 Å². The van der Waals surface area contributed by atoms with Gasteiger partial charge < -0.3 is 4.90 Å². The fourth-order valence-corrected chi connectivity index (χ4v) is 4.73. The van der Waals surface area contributed by atoms with Crippen molar-refractivity contribution in [3.8, 4) is 0 Å². The van der Waals surface area contributed by atoms with Crippen molar-refractivity contribution in [1.29, 1.82) is 0 Å². The van der Waals surface area contributed by atoms with E-state index in [-0.39, 0.29) is 32.1 Å². The van der Waals surface area contributed by atoms with Gasteiger partial charge >= 0.3 is 0 Å². The summed E-state index contributed by atoms with van der Waals surface area (Å²) in [6.07, 6.45) is 3.14. The highest BCUT2D eigenvalue weighted by Gasteiger charge is 2.31. The molecule has 9 heteroatoms. The van der Waals surface area contributed by atoms with Crippen molar-refractivity contribution in [3.05, 3.63) is 58.3 Å². The molecule has 0 spiro atoms. The predicted molar refractivity (Wildman–Crippen MR) is 95.0 cm³/mol. The summed E-state index contributed by atoms with van der Waals surface area (Å²) < 4.78 is 53.2. The van der Waals surface area contributed by atoms with Crippen LogP contribution in [0.3, 0.4) is 0 Å². The number of carbonyl (C=O) groups excluding carboxylic acids is 1. The average Bonchev–Trinajstić information content (AvgIpc) is 3.15. The molecule has 0 unspecified atom stereocenters. The standard InChI is InChI=1S/C17H16F2N2O3S2/c18-14-2-3-15(19)16(11-14)26(23,24)21-8-6-20(7-9-21)17(22)4-1-13-5-10-25-12-13/h1-5,10-12H,6-9H2/b4-1-. The van der Waals surface area contributed by atoms with Crippen LogP contribution < -0.4 is 0 Å². The predicted octanol–water partition coefficient (Wildman–Crippen LogP) is 2.57. The van der Waals surface area contributed by atoms with Gasteiger partial charge in [-0.1, -0.05) is 0 Å². The van der Waals surface area contributed by atoms with E-state index in [2.05, 4.69) is 0 Å². The smallest absolute Gasteiger partial charge is 0.246 e. The first-order chi connectivity index (χ1) is 12.4. The zero-order valence-electron chi connectivity index (χ0n) is 13.6. The highest BCUT2D eigenvalue weighted by molar-refractivity contribution is 7.89. The maximum absolute atomic E-state index is 13.8. The molecule has 2 aromatic rings. The maximum atomic E-state index is 13.8. The molecule has 0 atom stereocenters. The Bertz CT molecular complexity index is 919. The van der Waals surface area contributed by atoms with Crippen molar-refractivity contribution < 1.29 is 22.0 Å². The van der Waals surface area contributed by atoms with E-state index < -0.39 is 26.6 Å². The van der Waals surface area contributed by atoms with Crippen LogP contribution in [0.2, 0.25) is 0 Å². The summed E-state index contributed by atoms with van der Waals surface area (Å²) in [4.78, 5) is 13.0. The highest BCUT2D eigenvalue weighted by Crippen LogP contribution is 2.22. The third kappa shape index (κ3) is 4.00. The number of sulfonamides is 1. The fourth-order valence-electron chi connectivity index (χ4n) is 2.61. The second-order valence-corrected chi connectivity index (χ2v) is 8.38. The molecule has 1 aromatic heterocycles. The molecule has 0 radical (unpaired) electrons. The molecule has 1 aromatic carbocycles. The summed E-state index contributed by atoms with van der Waals surface area (Å²) in [5.74, 6) is -2.04. The summed E-state index contributed by atoms with van der Waals surface area (Å²) in [5, 5.41) is 3.81. The molecule has 2 heterocycles. The molecule has 1 aliphatic heterocycles. The molecule has 26 heavy (non-hydrogen) atoms. The highest BCUT2D eigenvalue weighted by atomic mass is 32.2. The number of hydrogen-bond donors (Lipinski definition) is 0. The number of piperazine rings is 1. The van der Waals surface area contributed by atoms with Crippen LogP contribution in [0, 0.1) is 11.6 Å². The molecular weight excluding hydrogens is 382 g/mol. The quantitative estimate of drug-likeness (QED) is 0.744. The first-order valence-electron chi connectivity index (χ1n) is 7.82. The zero-order chi connectivity index (χ0) is 18.7. The Morgan fingerprint density at radius 1 is 1.12 bits per heavy atom. The lowest BCUT2D eigenvalue weighted by molar-refractivity contribution is -0.127. The summed E-state index contributed by atoms with van der Waals surface area (Å²) >= 11 is 1.52. The summed E-state index contributed by atoms with van der Waals surface area (Å²) in [7, 11) is -4.15. The van der Waals surface area contributed by atoms with Crippen LogP contribution in [0.1, 0.15) is 5.56 Å². The third-order valence-electron chi connectivity index (χ3n) is 4.02. The van der Waals surface area contributed by atoms with Gasteiger partial charge in [-0.2, -0.15) is 15.6 Å². The van der Waals surface area contributed by atoms with E-state index in [0.717, 1.165) is 22.0 Å². The minimum Gasteiger partial charge on any atom is -0.337 e. The van der Waals surface area contributed by atoms with Crippen LogP contribution in [-0.4, -0.2) is 49.7 Å². The van der Waals surface area contributed by atoms with E-state index >= 15 is 0 Å². The van der Waals surface area contributed by atoms with Gasteiger partial charge in [-0.25, -0.2) is 17.2 Å². The van der Waals surface area contributed by atoms with Crippen LogP contribution in [-0.2, 0) is 14.8 Å². The number of carbonyl (C=O) groups is 1. The maximum Gasteiger partial charge on any atom is 0.246 e. The van der Waals surface area contributed by atoms with E-state index in [9.17, 15) is 22.0 Å². The zero-order valence-corrected chi connectivity index (χ0v) is 15.3. The second-order valence-electron chi connectivity index (χ2n) is 5.69. The van der Waals surface area contributed by atoms with Gasteiger partial charge in [0.1, 0.15) is 16.5 Å². The molecule has 1 aliphatic rings. The van der Waals surface area contributed by atoms with Crippen molar-refractivity contribution in [2.45, 2.75) is 4.90 Å². The average molecular weight is 398 g/mol. The van der Waals surface area contributed by atoms with Crippen molar-refractivity contribution in [2.75, 3.05) is 26.2 Å². The minimum atomic E-state index is -4.15. The molecule has 0 saturated carbocycles. The van der Waals surface area contributed by atoms with Gasteiger partial charge in [0.2, 0.25) is 15.9 Å². The monoisotopic (exact) mass is 398 g/mol. The largest absolute Gasteiger partial charge is 0.337 e. The van der Waals surface area contributed by atoms with Crippen molar-refractivity contribution >= 4 is 33.3 Å². The SMILES string of the molecule is O=C(/C=C\c1ccsc1)N1CCN(S(=O)(=O)c2cc(F)ccc2F)CC1. The van der Waals surface area contributed by atoms with Crippen molar-refractivity contribution in [2.24, 2.45) is 0 Å². The van der Waals surface area contributed by atoms with Gasteiger partial charge in [0.15, 0.2) is 0 Å². The topological polar surface area (TPSA) is 57.7 Å². The lowest BCUT2D eigenvalue weighted by Crippen LogP contribution is -2.50. The number of hydrogen-bond acceptors (Lipinski definition) is 4. The van der Waals surface area contributed by atoms with Crippen molar-refractivity contribution in [3.63, 3.8) is 0 Å². The fraction of sp³-hybridized carbons (Fsp3) is 0.235. The van der Waals surface area contributed by atoms with Crippen LogP contribution in [0.15, 0.2) is 46.0 Å². The molecular formula is C17H16F2N2O3S2. The van der Waals surface area contributed by atoms with E-state index in [1.54, 1.807) is 6.08 Å². The molecule has 0 N–H and O–H groups in total. The Kier molecular flexibility index (Phi) is 5.49. The Balaban J connectivity index is 1.66. The van der Waals surface area contributed by atoms with Gasteiger partial charge in [0, 0.05) is 32.3 Å². The number of thiophene rings is 1. The number of nitrogens with zero attached hydrogens (tertiary/aromatic N) is 2. The van der Waals surface area contributed by atoms with Crippen LogP contribution in [0.25, 0.3) is 6.08 Å². The van der Waals surface area contributed by atoms with Gasteiger partial charge in [-0.15, -0.1) is 0 Å². The van der Waals surface area contributed by atoms with Gasteiger partial charge in [0.05, 0.1) is 0 Å². The summed E-state index contributed by atoms with van der Waals surface area (Å²) in [5.41, 5.74) is 0.922. The molecule has 138 valence electrons. The Morgan fingerprint density at radius 3 is 2.50 bits per heavy atom. The molecule has 1 saturated heterocycles. The number of halogens is 2. The first kappa shape index (κ1) is 18.7. The lowest BCUT2D eigenvalue weighted by atomic mass is 10.3.